The van der Waals surface area contributed by atoms with E-state index in [-0.39, 0.29) is 5.56 Å². The molecule has 0 amide bonds. The van der Waals surface area contributed by atoms with Crippen LogP contribution in [-0.2, 0) is 9.53 Å². The summed E-state index contributed by atoms with van der Waals surface area (Å²) < 4.78 is 5.10. The number of nitrogens with one attached hydrogen (secondary N) is 1. The average molecular weight is 610 g/mol. The molecule has 6 nitrogen and oxygen atoms in total. The second kappa shape index (κ2) is 11.5. The van der Waals surface area contributed by atoms with Crippen LogP contribution in [0.1, 0.15) is 23.7 Å². The predicted octanol–water partition coefficient (Wildman–Crippen LogP) is 7.70. The number of thiophene rings is 2. The number of carbonyl (C=O) groups is 1. The number of rotatable bonds is 4. The molecule has 2 N–H and O–H groups in total. The van der Waals surface area contributed by atoms with E-state index in [1.807, 2.05) is 64.8 Å². The summed E-state index contributed by atoms with van der Waals surface area (Å²) in [4.78, 5) is 24.3. The summed E-state index contributed by atoms with van der Waals surface area (Å²) in [5, 5.41) is 25.9. The predicted molar refractivity (Wildman–Crippen MR) is 163 cm³/mol. The highest BCUT2D eigenvalue weighted by molar-refractivity contribution is 7.08. The lowest BCUT2D eigenvalue weighted by molar-refractivity contribution is -0.169. The van der Waals surface area contributed by atoms with Crippen LogP contribution in [-0.4, -0.2) is 27.1 Å². The Hall–Kier alpha value is -3.53. The second-order valence-corrected chi connectivity index (χ2v) is 11.5. The zero-order valence-electron chi connectivity index (χ0n) is 21.3. The number of esters is 1. The van der Waals surface area contributed by atoms with Gasteiger partial charge < -0.3 is 9.84 Å². The summed E-state index contributed by atoms with van der Waals surface area (Å²) in [7, 11) is 0. The smallest absolute Gasteiger partial charge is 0.342 e. The van der Waals surface area contributed by atoms with Gasteiger partial charge in [-0.25, -0.2) is 9.89 Å². The number of hydrogen-bond acceptors (Lipinski definition) is 7. The van der Waals surface area contributed by atoms with E-state index in [1.54, 1.807) is 35.6 Å². The molecule has 4 heterocycles. The number of carbonyl (C=O) groups excluding carboxylic acids is 1. The van der Waals surface area contributed by atoms with Crippen LogP contribution < -0.4 is 5.56 Å². The van der Waals surface area contributed by atoms with E-state index in [0.717, 1.165) is 27.9 Å². The number of aromatic nitrogens is 2. The Morgan fingerprint density at radius 1 is 0.800 bits per heavy atom. The van der Waals surface area contributed by atoms with Crippen LogP contribution in [0.2, 0.25) is 10.0 Å². The molecule has 0 saturated carbocycles. The van der Waals surface area contributed by atoms with Crippen molar-refractivity contribution < 1.29 is 14.6 Å². The number of hydrogen-bond donors (Lipinski definition) is 2. The fraction of sp³-hybridized carbons (Fsp3) is 0.100. The molecule has 40 heavy (non-hydrogen) atoms. The van der Waals surface area contributed by atoms with Crippen molar-refractivity contribution in [2.45, 2.75) is 19.6 Å². The molecule has 2 aromatic carbocycles. The standard InChI is InChI=1S/C15H11ClN2OS.C15H11ClO3S/c1-9-13(10-2-4-12(16)5-3-10)14(15(19)18-17-9)11-6-7-20-8-11;1-15(18)13(9-2-4-11(16)5-3-9)12(14(17)19-15)10-6-7-20-8-10/h2-8H,1H3,(H,18,19);2-8,18H,1H3. The average Bonchev–Trinajstić information content (AvgIpc) is 3.68. The fourth-order valence-electron chi connectivity index (χ4n) is 4.51. The van der Waals surface area contributed by atoms with Crippen molar-refractivity contribution in [3.63, 3.8) is 0 Å². The Labute approximate surface area is 248 Å². The Morgan fingerprint density at radius 3 is 1.90 bits per heavy atom. The Bertz CT molecular complexity index is 1740. The summed E-state index contributed by atoms with van der Waals surface area (Å²) in [5.74, 6) is -2.15. The van der Waals surface area contributed by atoms with E-state index in [2.05, 4.69) is 10.2 Å². The van der Waals surface area contributed by atoms with Crippen molar-refractivity contribution in [1.82, 2.24) is 10.2 Å². The Kier molecular flexibility index (Phi) is 8.07. The second-order valence-electron chi connectivity index (χ2n) is 9.05. The van der Waals surface area contributed by atoms with Crippen LogP contribution >= 0.6 is 45.9 Å². The Balaban J connectivity index is 0.000000161. The fourth-order valence-corrected chi connectivity index (χ4v) is 6.05. The first-order valence-corrected chi connectivity index (χ1v) is 14.7. The number of benzene rings is 2. The van der Waals surface area contributed by atoms with E-state index in [4.69, 9.17) is 27.9 Å². The molecule has 1 unspecified atom stereocenters. The topological polar surface area (TPSA) is 92.3 Å². The molecule has 0 aliphatic carbocycles. The molecule has 6 rings (SSSR count). The maximum absolute atomic E-state index is 12.2. The van der Waals surface area contributed by atoms with Gasteiger partial charge in [0.1, 0.15) is 0 Å². The maximum atomic E-state index is 12.2. The molecule has 0 spiro atoms. The van der Waals surface area contributed by atoms with Gasteiger partial charge in [-0.2, -0.15) is 27.8 Å². The van der Waals surface area contributed by atoms with Gasteiger partial charge in [0.25, 0.3) is 5.56 Å². The summed E-state index contributed by atoms with van der Waals surface area (Å²) in [6.45, 7) is 3.35. The number of aryl methyl sites for hydroxylation is 1. The van der Waals surface area contributed by atoms with E-state index in [1.165, 1.54) is 18.3 Å². The zero-order chi connectivity index (χ0) is 28.4. The van der Waals surface area contributed by atoms with Gasteiger partial charge >= 0.3 is 5.97 Å². The molecular formula is C30H22Cl2N2O4S2. The first kappa shape index (κ1) is 28.0. The van der Waals surface area contributed by atoms with Gasteiger partial charge in [0, 0.05) is 33.7 Å². The lowest BCUT2D eigenvalue weighted by Gasteiger charge is -2.19. The summed E-state index contributed by atoms with van der Waals surface area (Å²) in [5.41, 5.74) is 6.29. The van der Waals surface area contributed by atoms with Crippen molar-refractivity contribution in [2.24, 2.45) is 0 Å². The molecule has 0 bridgehead atoms. The largest absolute Gasteiger partial charge is 0.425 e. The zero-order valence-corrected chi connectivity index (χ0v) is 24.4. The van der Waals surface area contributed by atoms with Crippen LogP contribution in [0.15, 0.2) is 87.0 Å². The number of aliphatic hydroxyl groups is 1. The molecule has 0 saturated heterocycles. The first-order valence-electron chi connectivity index (χ1n) is 12.0. The molecule has 202 valence electrons. The van der Waals surface area contributed by atoms with E-state index in [9.17, 15) is 14.7 Å². The highest BCUT2D eigenvalue weighted by Gasteiger charge is 2.43. The molecule has 0 fully saturated rings. The molecule has 1 atom stereocenters. The first-order chi connectivity index (χ1) is 19.2. The van der Waals surface area contributed by atoms with Gasteiger partial charge in [-0.05, 0) is 81.5 Å². The number of ether oxygens (including phenoxy) is 1. The van der Waals surface area contributed by atoms with Crippen LogP contribution in [0, 0.1) is 6.92 Å². The van der Waals surface area contributed by atoms with Crippen LogP contribution in [0.3, 0.4) is 0 Å². The van der Waals surface area contributed by atoms with E-state index >= 15 is 0 Å². The molecular weight excluding hydrogens is 587 g/mol. The molecule has 5 aromatic rings. The molecule has 1 aliphatic rings. The number of halogens is 2. The van der Waals surface area contributed by atoms with Crippen LogP contribution in [0.5, 0.6) is 0 Å². The van der Waals surface area contributed by atoms with Gasteiger partial charge in [0.15, 0.2) is 0 Å². The quantitative estimate of drug-likeness (QED) is 0.204. The minimum Gasteiger partial charge on any atom is -0.425 e. The third kappa shape index (κ3) is 5.68. The van der Waals surface area contributed by atoms with Crippen molar-refractivity contribution in [1.29, 1.82) is 0 Å². The van der Waals surface area contributed by atoms with Gasteiger partial charge in [-0.1, -0.05) is 47.5 Å². The summed E-state index contributed by atoms with van der Waals surface area (Å²) >= 11 is 14.9. The maximum Gasteiger partial charge on any atom is 0.342 e. The van der Waals surface area contributed by atoms with E-state index in [0.29, 0.717) is 32.3 Å². The van der Waals surface area contributed by atoms with Crippen LogP contribution in [0.4, 0.5) is 0 Å². The SMILES string of the molecule is CC1(O)OC(=O)C(c2ccsc2)=C1c1ccc(Cl)cc1.Cc1n[nH]c(=O)c(-c2ccsc2)c1-c1ccc(Cl)cc1. The molecule has 10 heteroatoms. The van der Waals surface area contributed by atoms with Crippen LogP contribution in [0.25, 0.3) is 33.4 Å². The normalized spacial score (nSPS) is 16.5. The van der Waals surface area contributed by atoms with Gasteiger partial charge in [0.05, 0.1) is 16.8 Å². The highest BCUT2D eigenvalue weighted by Crippen LogP contribution is 2.43. The Morgan fingerprint density at radius 2 is 1.35 bits per heavy atom. The number of nitrogens with zero attached hydrogens (tertiary/aromatic N) is 1. The minimum absolute atomic E-state index is 0.182. The number of cyclic esters (lactones) is 1. The van der Waals surface area contributed by atoms with Crippen molar-refractivity contribution >= 4 is 63.0 Å². The van der Waals surface area contributed by atoms with E-state index < -0.39 is 11.8 Å². The lowest BCUT2D eigenvalue weighted by Crippen LogP contribution is -2.26. The monoisotopic (exact) mass is 608 g/mol. The number of aromatic amines is 1. The summed E-state index contributed by atoms with van der Waals surface area (Å²) in [6.07, 6.45) is 0. The number of H-pyrrole nitrogens is 1. The lowest BCUT2D eigenvalue weighted by atomic mass is 9.93. The third-order valence-corrected chi connectivity index (χ3v) is 8.13. The minimum atomic E-state index is -1.64. The van der Waals surface area contributed by atoms with Gasteiger partial charge in [-0.3, -0.25) is 4.79 Å². The van der Waals surface area contributed by atoms with Crippen molar-refractivity contribution in [2.75, 3.05) is 0 Å². The molecule has 1 aliphatic heterocycles. The highest BCUT2D eigenvalue weighted by atomic mass is 35.5. The van der Waals surface area contributed by atoms with Crippen molar-refractivity contribution in [3.05, 3.63) is 119 Å². The van der Waals surface area contributed by atoms with Gasteiger partial charge in [-0.15, -0.1) is 0 Å². The van der Waals surface area contributed by atoms with Gasteiger partial charge in [0.2, 0.25) is 5.79 Å². The third-order valence-electron chi connectivity index (χ3n) is 6.26. The summed E-state index contributed by atoms with van der Waals surface area (Å²) in [6, 6.07) is 18.2. The molecule has 0 radical (unpaired) electrons. The molecule has 3 aromatic heterocycles. The van der Waals surface area contributed by atoms with Crippen molar-refractivity contribution in [3.8, 4) is 22.3 Å².